The number of nitrogens with zero attached hydrogens (tertiary/aromatic N) is 1. The molecular weight excluding hydrogens is 238 g/mol. The molecule has 1 aromatic rings. The Hall–Kier alpha value is -1.60. The molecule has 0 aromatic heterocycles. The molecule has 2 aliphatic carbocycles. The molecule has 100 valence electrons. The molecule has 1 N–H and O–H groups in total. The van der Waals surface area contributed by atoms with Gasteiger partial charge in [0.15, 0.2) is 0 Å². The highest BCUT2D eigenvalue weighted by Gasteiger charge is 2.38. The molecule has 0 aliphatic heterocycles. The number of aromatic hydroxyl groups is 1. The van der Waals surface area contributed by atoms with Gasteiger partial charge in [0.1, 0.15) is 11.3 Å². The van der Waals surface area contributed by atoms with Crippen LogP contribution < -0.4 is 0 Å². The third-order valence-corrected chi connectivity index (χ3v) is 4.65. The normalized spacial score (nSPS) is 20.6. The molecule has 1 fully saturated rings. The lowest BCUT2D eigenvalue weighted by molar-refractivity contribution is 0.407. The molecule has 0 spiro atoms. The van der Waals surface area contributed by atoms with Gasteiger partial charge in [0.25, 0.3) is 0 Å². The molecule has 3 heteroatoms. The van der Waals surface area contributed by atoms with E-state index >= 15 is 0 Å². The van der Waals surface area contributed by atoms with Crippen LogP contribution in [-0.2, 0) is 23.2 Å². The smallest absolute Gasteiger partial charge is 0.235 e. The zero-order valence-corrected chi connectivity index (χ0v) is 11.1. The van der Waals surface area contributed by atoms with Crippen LogP contribution in [0.4, 0.5) is 0 Å². The van der Waals surface area contributed by atoms with Crippen LogP contribution in [0.5, 0.6) is 5.75 Å². The quantitative estimate of drug-likeness (QED) is 0.652. The van der Waals surface area contributed by atoms with Crippen molar-refractivity contribution in [2.24, 2.45) is 4.99 Å². The molecular formula is C16H19NO2. The Morgan fingerprint density at radius 2 is 1.68 bits per heavy atom. The number of carbonyl (C=O) groups excluding carboxylic acids is 1. The monoisotopic (exact) mass is 257 g/mol. The van der Waals surface area contributed by atoms with Gasteiger partial charge < -0.3 is 5.11 Å². The number of hydrogen-bond donors (Lipinski definition) is 1. The summed E-state index contributed by atoms with van der Waals surface area (Å²) in [5.74, 6) is 0.307. The van der Waals surface area contributed by atoms with Crippen LogP contribution in [0.1, 0.15) is 55.2 Å². The van der Waals surface area contributed by atoms with Crippen molar-refractivity contribution in [1.29, 1.82) is 0 Å². The summed E-state index contributed by atoms with van der Waals surface area (Å²) in [6, 6.07) is 3.99. The summed E-state index contributed by atoms with van der Waals surface area (Å²) in [5, 5.41) is 10.3. The number of phenols is 1. The molecule has 1 saturated carbocycles. The first-order valence-electron chi connectivity index (χ1n) is 7.19. The molecule has 0 heterocycles. The summed E-state index contributed by atoms with van der Waals surface area (Å²) < 4.78 is 0. The van der Waals surface area contributed by atoms with Crippen molar-refractivity contribution in [3.05, 3.63) is 28.8 Å². The minimum atomic E-state index is -0.516. The van der Waals surface area contributed by atoms with E-state index in [9.17, 15) is 9.90 Å². The number of rotatable bonds is 2. The largest absolute Gasteiger partial charge is 0.508 e. The predicted octanol–water partition coefficient (Wildman–Crippen LogP) is 3.38. The Bertz CT molecular complexity index is 538. The topological polar surface area (TPSA) is 49.7 Å². The molecule has 0 atom stereocenters. The van der Waals surface area contributed by atoms with Crippen LogP contribution in [0.3, 0.4) is 0 Å². The van der Waals surface area contributed by atoms with Crippen LogP contribution in [0, 0.1) is 0 Å². The lowest BCUT2D eigenvalue weighted by Gasteiger charge is -2.26. The average Bonchev–Trinajstić information content (AvgIpc) is 2.88. The lowest BCUT2D eigenvalue weighted by atomic mass is 9.82. The molecule has 0 radical (unpaired) electrons. The number of phenolic OH excluding ortho intramolecular Hbond substituents is 1. The van der Waals surface area contributed by atoms with E-state index in [-0.39, 0.29) is 0 Å². The van der Waals surface area contributed by atoms with Gasteiger partial charge in [-0.05, 0) is 61.8 Å². The number of aryl methyl sites for hydroxylation is 2. The van der Waals surface area contributed by atoms with Crippen molar-refractivity contribution in [2.45, 2.75) is 56.9 Å². The maximum atomic E-state index is 10.8. The predicted molar refractivity (Wildman–Crippen MR) is 73.0 cm³/mol. The first kappa shape index (κ1) is 12.4. The van der Waals surface area contributed by atoms with Crippen molar-refractivity contribution in [3.8, 4) is 5.75 Å². The van der Waals surface area contributed by atoms with E-state index in [1.165, 1.54) is 24.0 Å². The molecule has 19 heavy (non-hydrogen) atoms. The SMILES string of the molecule is O=C=NC1(c2cc3c(cc2O)CCCC3)CCCC1. The van der Waals surface area contributed by atoms with Gasteiger partial charge in [-0.1, -0.05) is 12.8 Å². The summed E-state index contributed by atoms with van der Waals surface area (Å²) in [7, 11) is 0. The van der Waals surface area contributed by atoms with E-state index in [4.69, 9.17) is 0 Å². The molecule has 0 saturated heterocycles. The van der Waals surface area contributed by atoms with Crippen molar-refractivity contribution in [2.75, 3.05) is 0 Å². The first-order chi connectivity index (χ1) is 9.25. The number of hydrogen-bond acceptors (Lipinski definition) is 3. The number of benzene rings is 1. The molecule has 2 aliphatic rings. The summed E-state index contributed by atoms with van der Waals surface area (Å²) in [5.41, 5.74) is 2.91. The number of isocyanates is 1. The third-order valence-electron chi connectivity index (χ3n) is 4.65. The molecule has 0 unspecified atom stereocenters. The van der Waals surface area contributed by atoms with Gasteiger partial charge in [-0.15, -0.1) is 0 Å². The van der Waals surface area contributed by atoms with Gasteiger partial charge in [0.05, 0.1) is 0 Å². The van der Waals surface area contributed by atoms with Crippen molar-refractivity contribution in [1.82, 2.24) is 0 Å². The van der Waals surface area contributed by atoms with Crippen LogP contribution in [0.2, 0.25) is 0 Å². The van der Waals surface area contributed by atoms with E-state index < -0.39 is 5.54 Å². The van der Waals surface area contributed by atoms with Gasteiger partial charge in [-0.3, -0.25) is 0 Å². The fourth-order valence-corrected chi connectivity index (χ4v) is 3.63. The zero-order valence-electron chi connectivity index (χ0n) is 11.1. The zero-order chi connectivity index (χ0) is 13.3. The summed E-state index contributed by atoms with van der Waals surface area (Å²) in [6.45, 7) is 0. The van der Waals surface area contributed by atoms with Gasteiger partial charge in [0.2, 0.25) is 6.08 Å². The molecule has 0 bridgehead atoms. The number of fused-ring (bicyclic) bond motifs is 1. The standard InChI is InChI=1S/C16H19NO2/c18-11-17-16(7-3-4-8-16)14-9-12-5-1-2-6-13(12)10-15(14)19/h9-10,19H,1-8H2. The van der Waals surface area contributed by atoms with E-state index in [2.05, 4.69) is 11.1 Å². The Morgan fingerprint density at radius 3 is 2.32 bits per heavy atom. The van der Waals surface area contributed by atoms with E-state index in [1.807, 2.05) is 6.07 Å². The highest BCUT2D eigenvalue weighted by atomic mass is 16.3. The second kappa shape index (κ2) is 4.82. The lowest BCUT2D eigenvalue weighted by Crippen LogP contribution is -2.20. The highest BCUT2D eigenvalue weighted by molar-refractivity contribution is 5.49. The number of aliphatic imine (C=N–C) groups is 1. The second-order valence-corrected chi connectivity index (χ2v) is 5.79. The minimum absolute atomic E-state index is 0.307. The summed E-state index contributed by atoms with van der Waals surface area (Å²) in [4.78, 5) is 14.8. The van der Waals surface area contributed by atoms with Crippen molar-refractivity contribution < 1.29 is 9.90 Å². The van der Waals surface area contributed by atoms with Crippen LogP contribution in [0.15, 0.2) is 17.1 Å². The van der Waals surface area contributed by atoms with Crippen molar-refractivity contribution >= 4 is 6.08 Å². The first-order valence-corrected chi connectivity index (χ1v) is 7.19. The molecule has 3 rings (SSSR count). The average molecular weight is 257 g/mol. The molecule has 0 amide bonds. The summed E-state index contributed by atoms with van der Waals surface area (Å²) in [6.07, 6.45) is 10.0. The van der Waals surface area contributed by atoms with Gasteiger partial charge in [0, 0.05) is 5.56 Å². The van der Waals surface area contributed by atoms with E-state index in [1.54, 1.807) is 6.08 Å². The third kappa shape index (κ3) is 2.08. The maximum Gasteiger partial charge on any atom is 0.235 e. The minimum Gasteiger partial charge on any atom is -0.508 e. The van der Waals surface area contributed by atoms with Gasteiger partial charge in [-0.25, -0.2) is 4.79 Å². The fraction of sp³-hybridized carbons (Fsp3) is 0.562. The Morgan fingerprint density at radius 1 is 1.05 bits per heavy atom. The Balaban J connectivity index is 2.10. The van der Waals surface area contributed by atoms with Crippen LogP contribution >= 0.6 is 0 Å². The Kier molecular flexibility index (Phi) is 3.16. The fourth-order valence-electron chi connectivity index (χ4n) is 3.63. The molecule has 3 nitrogen and oxygen atoms in total. The maximum absolute atomic E-state index is 10.8. The Labute approximate surface area is 113 Å². The van der Waals surface area contributed by atoms with Crippen LogP contribution in [-0.4, -0.2) is 11.2 Å². The summed E-state index contributed by atoms with van der Waals surface area (Å²) >= 11 is 0. The second-order valence-electron chi connectivity index (χ2n) is 5.79. The van der Waals surface area contributed by atoms with Gasteiger partial charge in [-0.2, -0.15) is 4.99 Å². The molecule has 1 aromatic carbocycles. The highest BCUT2D eigenvalue weighted by Crippen LogP contribution is 2.46. The van der Waals surface area contributed by atoms with E-state index in [0.717, 1.165) is 44.1 Å². The van der Waals surface area contributed by atoms with Gasteiger partial charge >= 0.3 is 0 Å². The van der Waals surface area contributed by atoms with E-state index in [0.29, 0.717) is 5.75 Å². The van der Waals surface area contributed by atoms with Crippen molar-refractivity contribution in [3.63, 3.8) is 0 Å². The van der Waals surface area contributed by atoms with Crippen LogP contribution in [0.25, 0.3) is 0 Å².